The summed E-state index contributed by atoms with van der Waals surface area (Å²) in [5.41, 5.74) is 0. The van der Waals surface area contributed by atoms with Crippen molar-refractivity contribution in [3.63, 3.8) is 0 Å². The van der Waals surface area contributed by atoms with Crippen LogP contribution in [-0.4, -0.2) is 18.6 Å². The van der Waals surface area contributed by atoms with E-state index in [9.17, 15) is 31.3 Å². The van der Waals surface area contributed by atoms with Gasteiger partial charge in [0, 0.05) is 0 Å². The Morgan fingerprint density at radius 2 is 1.59 bits per heavy atom. The molecule has 0 amide bonds. The van der Waals surface area contributed by atoms with Gasteiger partial charge in [-0.2, -0.15) is 13.9 Å². The number of carbonyl (C=O) groups excluding carboxylic acids is 1. The van der Waals surface area contributed by atoms with Gasteiger partial charge < -0.3 is 13.8 Å². The van der Waals surface area contributed by atoms with Crippen molar-refractivity contribution in [2.24, 2.45) is 0 Å². The zero-order valence-electron chi connectivity index (χ0n) is 16.7. The molecule has 0 saturated heterocycles. The average Bonchev–Trinajstić information content (AvgIpc) is 2.77. The first-order chi connectivity index (χ1) is 15.1. The normalized spacial score (nSPS) is 13.7. The van der Waals surface area contributed by atoms with Crippen molar-refractivity contribution in [2.45, 2.75) is 25.8 Å². The third kappa shape index (κ3) is 6.30. The highest BCUT2D eigenvalue weighted by Crippen LogP contribution is 2.47. The van der Waals surface area contributed by atoms with Crippen LogP contribution in [0.1, 0.15) is 19.8 Å². The van der Waals surface area contributed by atoms with Crippen molar-refractivity contribution in [1.29, 1.82) is 0 Å². The maximum atomic E-state index is 14.1. The highest BCUT2D eigenvalue weighted by molar-refractivity contribution is 7.52. The van der Waals surface area contributed by atoms with Gasteiger partial charge in [0.1, 0.15) is 11.8 Å². The lowest BCUT2D eigenvalue weighted by Gasteiger charge is -2.23. The number of unbranched alkanes of at least 4 members (excludes halogenated alkanes) is 1. The first kappa shape index (κ1) is 25.4. The molecule has 2 atom stereocenters. The molecule has 2 rings (SSSR count). The lowest BCUT2D eigenvalue weighted by atomic mass is 10.3. The number of nitrogens with one attached hydrogen (secondary N) is 1. The molecule has 32 heavy (non-hydrogen) atoms. The average molecular weight is 479 g/mol. The largest absolute Gasteiger partial charge is 0.513 e. The second kappa shape index (κ2) is 11.1. The lowest BCUT2D eigenvalue weighted by molar-refractivity contribution is -0.145. The molecule has 0 aliphatic heterocycles. The first-order valence-corrected chi connectivity index (χ1v) is 10.7. The molecule has 12 heteroatoms. The van der Waals surface area contributed by atoms with E-state index in [0.717, 1.165) is 0 Å². The van der Waals surface area contributed by atoms with Crippen LogP contribution in [-0.2, 0) is 14.1 Å². The summed E-state index contributed by atoms with van der Waals surface area (Å²) in [7, 11) is -4.93. The van der Waals surface area contributed by atoms with Crippen LogP contribution in [0.15, 0.2) is 43.0 Å². The molecule has 174 valence electrons. The SMILES string of the molecule is C=CCCCOC(=O)[C@H](C)N[P@](=O)(Oc1ccccc1)Oc1c(F)c(F)c(F)c(F)c1F. The van der Waals surface area contributed by atoms with Crippen LogP contribution < -0.4 is 14.1 Å². The Morgan fingerprint density at radius 1 is 1.03 bits per heavy atom. The number of para-hydroxylation sites is 1. The molecule has 0 radical (unpaired) electrons. The fraction of sp³-hybridized carbons (Fsp3) is 0.250. The van der Waals surface area contributed by atoms with Crippen LogP contribution >= 0.6 is 7.75 Å². The fourth-order valence-electron chi connectivity index (χ4n) is 2.29. The second-order valence-corrected chi connectivity index (χ2v) is 7.96. The highest BCUT2D eigenvalue weighted by Gasteiger charge is 2.38. The standard InChI is InChI=1S/C20H19F5NO5P/c1-3-4-8-11-29-20(27)12(2)26-32(28,30-13-9-6-5-7-10-13)31-19-17(24)15(22)14(21)16(23)18(19)25/h3,5-7,9-10,12H,1,4,8,11H2,2H3,(H,26,28)/t12-,32-/m0/s1. The molecule has 0 saturated carbocycles. The number of hydrogen-bond acceptors (Lipinski definition) is 5. The molecule has 1 N–H and O–H groups in total. The smallest absolute Gasteiger partial charge is 0.465 e. The third-order valence-corrected chi connectivity index (χ3v) is 5.43. The topological polar surface area (TPSA) is 73.9 Å². The summed E-state index contributed by atoms with van der Waals surface area (Å²) in [6.07, 6.45) is 2.63. The van der Waals surface area contributed by atoms with Crippen LogP contribution in [0.2, 0.25) is 0 Å². The summed E-state index contributed by atoms with van der Waals surface area (Å²) in [5, 5.41) is 2.08. The van der Waals surface area contributed by atoms with E-state index >= 15 is 0 Å². The maximum Gasteiger partial charge on any atom is 0.513 e. The third-order valence-electron chi connectivity index (χ3n) is 3.85. The van der Waals surface area contributed by atoms with E-state index < -0.39 is 54.6 Å². The Balaban J connectivity index is 2.33. The number of allylic oxidation sites excluding steroid dienone is 1. The van der Waals surface area contributed by atoms with Gasteiger partial charge in [-0.1, -0.05) is 24.3 Å². The fourth-order valence-corrected chi connectivity index (χ4v) is 3.81. The van der Waals surface area contributed by atoms with E-state index in [2.05, 4.69) is 16.2 Å². The quantitative estimate of drug-likeness (QED) is 0.0881. The molecule has 6 nitrogen and oxygen atoms in total. The van der Waals surface area contributed by atoms with Gasteiger partial charge in [-0.25, -0.2) is 17.7 Å². The van der Waals surface area contributed by atoms with Crippen molar-refractivity contribution in [3.8, 4) is 11.5 Å². The lowest BCUT2D eigenvalue weighted by Crippen LogP contribution is -2.36. The Morgan fingerprint density at radius 3 is 2.16 bits per heavy atom. The van der Waals surface area contributed by atoms with E-state index in [4.69, 9.17) is 9.26 Å². The molecule has 0 aliphatic rings. The van der Waals surface area contributed by atoms with Gasteiger partial charge in [0.15, 0.2) is 0 Å². The van der Waals surface area contributed by atoms with Crippen molar-refractivity contribution < 1.29 is 45.1 Å². The summed E-state index contributed by atoms with van der Waals surface area (Å²) in [6, 6.07) is 5.64. The molecule has 0 bridgehead atoms. The molecule has 2 aromatic carbocycles. The molecule has 0 fully saturated rings. The molecular weight excluding hydrogens is 460 g/mol. The minimum Gasteiger partial charge on any atom is -0.465 e. The van der Waals surface area contributed by atoms with Crippen LogP contribution in [0.4, 0.5) is 22.0 Å². The molecule has 0 heterocycles. The van der Waals surface area contributed by atoms with E-state index in [-0.39, 0.29) is 12.4 Å². The van der Waals surface area contributed by atoms with E-state index in [1.807, 2.05) is 0 Å². The van der Waals surface area contributed by atoms with Crippen molar-refractivity contribution in [1.82, 2.24) is 5.09 Å². The number of ether oxygens (including phenoxy) is 1. The Kier molecular flexibility index (Phi) is 8.80. The van der Waals surface area contributed by atoms with Crippen molar-refractivity contribution in [2.75, 3.05) is 6.61 Å². The Labute approximate surface area is 180 Å². The monoisotopic (exact) mass is 479 g/mol. The number of rotatable bonds is 11. The molecule has 2 aromatic rings. The number of hydrogen-bond donors (Lipinski definition) is 1. The van der Waals surface area contributed by atoms with Crippen LogP contribution in [0.5, 0.6) is 11.5 Å². The zero-order valence-corrected chi connectivity index (χ0v) is 17.6. The number of esters is 1. The van der Waals surface area contributed by atoms with E-state index in [1.165, 1.54) is 31.2 Å². The summed E-state index contributed by atoms with van der Waals surface area (Å²) < 4.78 is 96.4. The summed E-state index contributed by atoms with van der Waals surface area (Å²) >= 11 is 0. The predicted molar refractivity (Wildman–Crippen MR) is 105 cm³/mol. The Hall–Kier alpha value is -2.91. The van der Waals surface area contributed by atoms with Crippen LogP contribution in [0, 0.1) is 29.1 Å². The van der Waals surface area contributed by atoms with Gasteiger partial charge in [0.05, 0.1) is 6.61 Å². The van der Waals surface area contributed by atoms with Gasteiger partial charge in [-0.3, -0.25) is 4.79 Å². The van der Waals surface area contributed by atoms with Gasteiger partial charge in [-0.05, 0) is 31.9 Å². The minimum absolute atomic E-state index is 0.000778. The molecule has 0 aromatic heterocycles. The molecule has 0 aliphatic carbocycles. The van der Waals surface area contributed by atoms with Crippen molar-refractivity contribution >= 4 is 13.7 Å². The van der Waals surface area contributed by atoms with Gasteiger partial charge >= 0.3 is 13.7 Å². The van der Waals surface area contributed by atoms with Gasteiger partial charge in [0.25, 0.3) is 0 Å². The summed E-state index contributed by atoms with van der Waals surface area (Å²) in [5.74, 6) is -14.7. The van der Waals surface area contributed by atoms with Crippen molar-refractivity contribution in [3.05, 3.63) is 72.1 Å². The second-order valence-electron chi connectivity index (χ2n) is 6.34. The van der Waals surface area contributed by atoms with Crippen LogP contribution in [0.25, 0.3) is 0 Å². The van der Waals surface area contributed by atoms with Gasteiger partial charge in [-0.15, -0.1) is 6.58 Å². The minimum atomic E-state index is -4.93. The number of carbonyl (C=O) groups is 1. The van der Waals surface area contributed by atoms with Crippen LogP contribution in [0.3, 0.4) is 0 Å². The maximum absolute atomic E-state index is 14.1. The number of halogens is 5. The molecule has 0 spiro atoms. The van der Waals surface area contributed by atoms with E-state index in [1.54, 1.807) is 12.1 Å². The zero-order chi connectivity index (χ0) is 23.9. The number of benzene rings is 2. The summed E-state index contributed by atoms with van der Waals surface area (Å²) in [6.45, 7) is 4.69. The highest BCUT2D eigenvalue weighted by atomic mass is 31.2. The van der Waals surface area contributed by atoms with E-state index in [0.29, 0.717) is 12.8 Å². The van der Waals surface area contributed by atoms with Gasteiger partial charge in [0.2, 0.25) is 34.8 Å². The first-order valence-electron chi connectivity index (χ1n) is 9.20. The molecule has 0 unspecified atom stereocenters. The predicted octanol–water partition coefficient (Wildman–Crippen LogP) is 5.44. The summed E-state index contributed by atoms with van der Waals surface area (Å²) in [4.78, 5) is 12.1. The molecular formula is C20H19F5NO5P. The Bertz CT molecular complexity index is 992.